The van der Waals surface area contributed by atoms with Crippen LogP contribution in [0.4, 0.5) is 13.2 Å². The molecule has 178 valence electrons. The van der Waals surface area contributed by atoms with Crippen LogP contribution in [0.3, 0.4) is 0 Å². The number of nitrogens with zero attached hydrogens (tertiary/aromatic N) is 4. The van der Waals surface area contributed by atoms with Gasteiger partial charge in [-0.3, -0.25) is 9.59 Å². The number of nitrogens with two attached hydrogens (primary N) is 1. The fourth-order valence-electron chi connectivity index (χ4n) is 2.91. The van der Waals surface area contributed by atoms with Gasteiger partial charge in [-0.15, -0.1) is 0 Å². The predicted octanol–water partition coefficient (Wildman–Crippen LogP) is 1.39. The standard InChI is InChI=1S/C18H21N5O3.C2HF3O2/c1-10-11(2)22(3)17(24)15(21-10)13-6-5-12(9-14(19)18(25)26-4)23-8-7-20-16(13)23;3-2(4,5)1(6)7/h5-8,14H,9,19H2,1-4H3;(H,6,7)/t14-;/m0./s1. The molecule has 1 atom stereocenters. The minimum atomic E-state index is -5.08. The Morgan fingerprint density at radius 3 is 2.42 bits per heavy atom. The van der Waals surface area contributed by atoms with Crippen molar-refractivity contribution in [3.05, 3.63) is 52.0 Å². The van der Waals surface area contributed by atoms with Crippen LogP contribution in [0.15, 0.2) is 29.3 Å². The highest BCUT2D eigenvalue weighted by atomic mass is 19.4. The third kappa shape index (κ3) is 5.55. The van der Waals surface area contributed by atoms with E-state index in [4.69, 9.17) is 15.6 Å². The zero-order valence-electron chi connectivity index (χ0n) is 18.2. The van der Waals surface area contributed by atoms with Gasteiger partial charge in [0.2, 0.25) is 0 Å². The van der Waals surface area contributed by atoms with E-state index in [0.717, 1.165) is 17.1 Å². The molecule has 13 heteroatoms. The molecule has 3 aromatic rings. The number of carboxylic acids is 1. The number of rotatable bonds is 4. The van der Waals surface area contributed by atoms with Crippen LogP contribution in [0, 0.1) is 13.8 Å². The normalized spacial score (nSPS) is 12.1. The maximum atomic E-state index is 12.7. The number of aromatic nitrogens is 4. The number of carbonyl (C=O) groups is 2. The van der Waals surface area contributed by atoms with Crippen LogP contribution in [0.25, 0.3) is 16.9 Å². The van der Waals surface area contributed by atoms with E-state index in [1.807, 2.05) is 24.3 Å². The molecule has 3 aromatic heterocycles. The number of hydrogen-bond donors (Lipinski definition) is 2. The summed E-state index contributed by atoms with van der Waals surface area (Å²) in [5, 5.41) is 7.12. The molecule has 0 unspecified atom stereocenters. The van der Waals surface area contributed by atoms with E-state index in [0.29, 0.717) is 16.9 Å². The summed E-state index contributed by atoms with van der Waals surface area (Å²) >= 11 is 0. The number of methoxy groups -OCH3 is 1. The number of pyridine rings is 1. The number of carbonyl (C=O) groups excluding carboxylic acids is 1. The summed E-state index contributed by atoms with van der Waals surface area (Å²) in [4.78, 5) is 42.0. The maximum absolute atomic E-state index is 12.7. The Hall–Kier alpha value is -3.74. The molecule has 0 aliphatic heterocycles. The minimum Gasteiger partial charge on any atom is -0.475 e. The van der Waals surface area contributed by atoms with Gasteiger partial charge >= 0.3 is 18.1 Å². The first-order valence-electron chi connectivity index (χ1n) is 9.42. The van der Waals surface area contributed by atoms with Crippen molar-refractivity contribution in [1.29, 1.82) is 0 Å². The van der Waals surface area contributed by atoms with Crippen molar-refractivity contribution >= 4 is 17.6 Å². The van der Waals surface area contributed by atoms with Gasteiger partial charge < -0.3 is 24.5 Å². The molecular weight excluding hydrogens is 447 g/mol. The first-order valence-corrected chi connectivity index (χ1v) is 9.42. The molecule has 0 saturated carbocycles. The molecule has 3 rings (SSSR count). The zero-order valence-corrected chi connectivity index (χ0v) is 18.2. The van der Waals surface area contributed by atoms with Crippen LogP contribution in [0.2, 0.25) is 0 Å². The van der Waals surface area contributed by atoms with Gasteiger partial charge in [0, 0.05) is 42.8 Å². The molecular formula is C20H22F3N5O5. The molecule has 3 heterocycles. The molecule has 0 saturated heterocycles. The van der Waals surface area contributed by atoms with E-state index < -0.39 is 24.2 Å². The molecule has 10 nitrogen and oxygen atoms in total. The van der Waals surface area contributed by atoms with Gasteiger partial charge in [0.15, 0.2) is 0 Å². The minimum absolute atomic E-state index is 0.183. The van der Waals surface area contributed by atoms with Crippen LogP contribution in [-0.2, 0) is 27.8 Å². The summed E-state index contributed by atoms with van der Waals surface area (Å²) in [5.41, 5.74) is 9.65. The van der Waals surface area contributed by atoms with Gasteiger partial charge in [0.05, 0.1) is 12.8 Å². The summed E-state index contributed by atoms with van der Waals surface area (Å²) in [6, 6.07) is 2.84. The molecule has 0 aromatic carbocycles. The summed E-state index contributed by atoms with van der Waals surface area (Å²) in [5.74, 6) is -3.24. The van der Waals surface area contributed by atoms with Gasteiger partial charge in [-0.05, 0) is 26.0 Å². The number of alkyl halides is 3. The van der Waals surface area contributed by atoms with E-state index >= 15 is 0 Å². The number of halogens is 3. The molecule has 0 bridgehead atoms. The van der Waals surface area contributed by atoms with Crippen molar-refractivity contribution in [3.63, 3.8) is 0 Å². The third-order valence-corrected chi connectivity index (χ3v) is 4.88. The molecule has 0 aliphatic carbocycles. The predicted molar refractivity (Wildman–Crippen MR) is 111 cm³/mol. The van der Waals surface area contributed by atoms with Crippen LogP contribution >= 0.6 is 0 Å². The molecule has 0 radical (unpaired) electrons. The van der Waals surface area contributed by atoms with Gasteiger partial charge in [-0.25, -0.2) is 14.8 Å². The summed E-state index contributed by atoms with van der Waals surface area (Å²) in [6.45, 7) is 3.72. The van der Waals surface area contributed by atoms with E-state index in [1.165, 1.54) is 7.11 Å². The Bertz CT molecular complexity index is 1250. The summed E-state index contributed by atoms with van der Waals surface area (Å²) in [7, 11) is 3.03. The average Bonchev–Trinajstić information content (AvgIpc) is 3.25. The first-order chi connectivity index (χ1) is 15.3. The van der Waals surface area contributed by atoms with Crippen molar-refractivity contribution in [2.24, 2.45) is 12.8 Å². The second-order valence-electron chi connectivity index (χ2n) is 6.99. The van der Waals surface area contributed by atoms with Gasteiger partial charge in [0.25, 0.3) is 5.56 Å². The monoisotopic (exact) mass is 469 g/mol. The average molecular weight is 469 g/mol. The molecule has 0 aliphatic rings. The van der Waals surface area contributed by atoms with E-state index in [1.54, 1.807) is 30.1 Å². The fraction of sp³-hybridized carbons (Fsp3) is 0.350. The third-order valence-electron chi connectivity index (χ3n) is 4.88. The maximum Gasteiger partial charge on any atom is 0.490 e. The number of esters is 1. The lowest BCUT2D eigenvalue weighted by atomic mass is 10.1. The van der Waals surface area contributed by atoms with Crippen LogP contribution in [-0.4, -0.2) is 55.3 Å². The smallest absolute Gasteiger partial charge is 0.475 e. The SMILES string of the molecule is COC(=O)[C@@H](N)Cc1ccc(-c2nc(C)c(C)n(C)c2=O)c2nccn12.O=C(O)C(F)(F)F. The van der Waals surface area contributed by atoms with Crippen LogP contribution in [0.1, 0.15) is 17.1 Å². The number of aryl methyl sites for hydroxylation is 1. The number of fused-ring (bicyclic) bond motifs is 1. The van der Waals surface area contributed by atoms with Crippen molar-refractivity contribution in [2.45, 2.75) is 32.5 Å². The second kappa shape index (κ2) is 9.81. The van der Waals surface area contributed by atoms with Crippen molar-refractivity contribution in [3.8, 4) is 11.3 Å². The van der Waals surface area contributed by atoms with Gasteiger partial charge in [-0.1, -0.05) is 0 Å². The Morgan fingerprint density at radius 2 is 1.88 bits per heavy atom. The Balaban J connectivity index is 0.000000479. The lowest BCUT2D eigenvalue weighted by molar-refractivity contribution is -0.192. The molecule has 3 N–H and O–H groups in total. The van der Waals surface area contributed by atoms with Crippen LogP contribution in [0.5, 0.6) is 0 Å². The Labute approximate surface area is 185 Å². The lowest BCUT2D eigenvalue weighted by Crippen LogP contribution is -2.34. The highest BCUT2D eigenvalue weighted by molar-refractivity contribution is 5.77. The van der Waals surface area contributed by atoms with Crippen LogP contribution < -0.4 is 11.3 Å². The fourth-order valence-corrected chi connectivity index (χ4v) is 2.91. The summed E-state index contributed by atoms with van der Waals surface area (Å²) < 4.78 is 39.8. The highest BCUT2D eigenvalue weighted by Gasteiger charge is 2.38. The summed E-state index contributed by atoms with van der Waals surface area (Å²) in [6.07, 6.45) is -1.39. The molecule has 0 amide bonds. The van der Waals surface area contributed by atoms with Crippen molar-refractivity contribution in [2.75, 3.05) is 7.11 Å². The number of carboxylic acid groups (broad SMARTS) is 1. The molecule has 33 heavy (non-hydrogen) atoms. The quantitative estimate of drug-likeness (QED) is 0.546. The number of imidazole rings is 1. The number of hydrogen-bond acceptors (Lipinski definition) is 7. The first kappa shape index (κ1) is 25.5. The molecule has 0 spiro atoms. The van der Waals surface area contributed by atoms with Gasteiger partial charge in [-0.2, -0.15) is 13.2 Å². The molecule has 0 fully saturated rings. The van der Waals surface area contributed by atoms with E-state index in [2.05, 4.69) is 14.7 Å². The highest BCUT2D eigenvalue weighted by Crippen LogP contribution is 2.22. The van der Waals surface area contributed by atoms with Crippen molar-refractivity contribution < 1.29 is 32.6 Å². The lowest BCUT2D eigenvalue weighted by Gasteiger charge is -2.14. The van der Waals surface area contributed by atoms with Crippen molar-refractivity contribution in [1.82, 2.24) is 18.9 Å². The Kier molecular flexibility index (Phi) is 7.59. The number of ether oxygens (including phenoxy) is 1. The number of aliphatic carboxylic acids is 1. The van der Waals surface area contributed by atoms with E-state index in [9.17, 15) is 22.8 Å². The Morgan fingerprint density at radius 1 is 1.27 bits per heavy atom. The largest absolute Gasteiger partial charge is 0.490 e. The second-order valence-corrected chi connectivity index (χ2v) is 6.99. The van der Waals surface area contributed by atoms with Gasteiger partial charge in [0.1, 0.15) is 17.4 Å². The zero-order chi connectivity index (χ0) is 25.1. The topological polar surface area (TPSA) is 142 Å². The van der Waals surface area contributed by atoms with E-state index in [-0.39, 0.29) is 12.0 Å².